The van der Waals surface area contributed by atoms with Gasteiger partial charge >= 0.3 is 0 Å². The van der Waals surface area contributed by atoms with E-state index in [1.54, 1.807) is 6.20 Å². The number of benzene rings is 2. The standard InChI is InChI=1S/C18H15N5O3S/c1-19-27(25,26)12-6-4-11(5-7-12)22-23-17-16-13-3-2-10-20-14(13)8-9-15(16)21-18(17)24/h2-10,19-20H,1H3,(H,21,24). The molecule has 0 aliphatic rings. The maximum absolute atomic E-state index is 12.3. The Bertz CT molecular complexity index is 1340. The number of azo groups is 1. The van der Waals surface area contributed by atoms with Crippen LogP contribution in [0.1, 0.15) is 0 Å². The number of hydrogen-bond acceptors (Lipinski definition) is 5. The van der Waals surface area contributed by atoms with Gasteiger partial charge in [0.25, 0.3) is 5.56 Å². The zero-order valence-corrected chi connectivity index (χ0v) is 15.0. The van der Waals surface area contributed by atoms with Crippen LogP contribution in [-0.4, -0.2) is 25.4 Å². The molecule has 2 heterocycles. The number of rotatable bonds is 4. The highest BCUT2D eigenvalue weighted by molar-refractivity contribution is 7.89. The molecule has 0 saturated carbocycles. The predicted molar refractivity (Wildman–Crippen MR) is 103 cm³/mol. The van der Waals surface area contributed by atoms with Gasteiger partial charge in [0.1, 0.15) is 0 Å². The SMILES string of the molecule is CNS(=O)(=O)c1ccc(N=Nc2c(=O)[nH]c3ccc4[nH]cccc4c23)cc1. The number of sulfonamides is 1. The Hall–Kier alpha value is -3.30. The van der Waals surface area contributed by atoms with Gasteiger partial charge < -0.3 is 9.97 Å². The Balaban J connectivity index is 1.78. The largest absolute Gasteiger partial charge is 0.361 e. The number of H-pyrrole nitrogens is 2. The molecule has 0 atom stereocenters. The van der Waals surface area contributed by atoms with Crippen LogP contribution in [0.3, 0.4) is 0 Å². The number of aromatic nitrogens is 2. The Morgan fingerprint density at radius 2 is 1.70 bits per heavy atom. The van der Waals surface area contributed by atoms with Crippen LogP contribution < -0.4 is 10.3 Å². The molecule has 0 saturated heterocycles. The van der Waals surface area contributed by atoms with Gasteiger partial charge in [-0.25, -0.2) is 13.1 Å². The van der Waals surface area contributed by atoms with Crippen LogP contribution in [0.25, 0.3) is 21.8 Å². The van der Waals surface area contributed by atoms with E-state index in [4.69, 9.17) is 0 Å². The van der Waals surface area contributed by atoms with E-state index in [0.717, 1.165) is 10.9 Å². The monoisotopic (exact) mass is 381 g/mol. The minimum Gasteiger partial charge on any atom is -0.361 e. The summed E-state index contributed by atoms with van der Waals surface area (Å²) in [6, 6.07) is 13.4. The molecule has 8 nitrogen and oxygen atoms in total. The van der Waals surface area contributed by atoms with E-state index in [0.29, 0.717) is 16.6 Å². The second kappa shape index (κ2) is 6.45. The van der Waals surface area contributed by atoms with Crippen molar-refractivity contribution in [1.82, 2.24) is 14.7 Å². The second-order valence-electron chi connectivity index (χ2n) is 5.82. The molecular weight excluding hydrogens is 366 g/mol. The summed E-state index contributed by atoms with van der Waals surface area (Å²) in [7, 11) is -2.17. The third kappa shape index (κ3) is 3.03. The molecule has 4 aromatic rings. The van der Waals surface area contributed by atoms with Gasteiger partial charge in [-0.05, 0) is 49.5 Å². The van der Waals surface area contributed by atoms with Crippen molar-refractivity contribution in [3.63, 3.8) is 0 Å². The molecule has 0 aliphatic carbocycles. The van der Waals surface area contributed by atoms with E-state index in [9.17, 15) is 13.2 Å². The summed E-state index contributed by atoms with van der Waals surface area (Å²) < 4.78 is 25.8. The van der Waals surface area contributed by atoms with Crippen LogP contribution in [-0.2, 0) is 10.0 Å². The molecule has 3 N–H and O–H groups in total. The summed E-state index contributed by atoms with van der Waals surface area (Å²) >= 11 is 0. The van der Waals surface area contributed by atoms with Gasteiger partial charge in [0.05, 0.1) is 16.1 Å². The minimum atomic E-state index is -3.51. The van der Waals surface area contributed by atoms with Gasteiger partial charge in [0, 0.05) is 22.5 Å². The van der Waals surface area contributed by atoms with Gasteiger partial charge in [-0.1, -0.05) is 6.07 Å². The smallest absolute Gasteiger partial charge is 0.276 e. The maximum atomic E-state index is 12.3. The summed E-state index contributed by atoms with van der Waals surface area (Å²) in [6.45, 7) is 0. The molecule has 0 spiro atoms. The van der Waals surface area contributed by atoms with Crippen molar-refractivity contribution in [2.75, 3.05) is 7.05 Å². The lowest BCUT2D eigenvalue weighted by molar-refractivity contribution is 0.588. The molecule has 136 valence electrons. The molecule has 0 amide bonds. The van der Waals surface area contributed by atoms with E-state index in [1.165, 1.54) is 31.3 Å². The number of nitrogens with one attached hydrogen (secondary N) is 3. The van der Waals surface area contributed by atoms with E-state index in [1.807, 2.05) is 24.3 Å². The Morgan fingerprint density at radius 3 is 2.44 bits per heavy atom. The van der Waals surface area contributed by atoms with Crippen molar-refractivity contribution >= 4 is 43.2 Å². The number of pyridine rings is 1. The molecule has 9 heteroatoms. The second-order valence-corrected chi connectivity index (χ2v) is 7.71. The van der Waals surface area contributed by atoms with Crippen molar-refractivity contribution < 1.29 is 8.42 Å². The van der Waals surface area contributed by atoms with Gasteiger partial charge in [-0.2, -0.15) is 5.11 Å². The highest BCUT2D eigenvalue weighted by atomic mass is 32.2. The molecule has 0 radical (unpaired) electrons. The van der Waals surface area contributed by atoms with E-state index < -0.39 is 10.0 Å². The zero-order chi connectivity index (χ0) is 19.0. The highest BCUT2D eigenvalue weighted by Gasteiger charge is 2.13. The van der Waals surface area contributed by atoms with Crippen LogP contribution >= 0.6 is 0 Å². The number of aromatic amines is 2. The topological polar surface area (TPSA) is 120 Å². The third-order valence-electron chi connectivity index (χ3n) is 4.22. The number of fused-ring (bicyclic) bond motifs is 3. The first-order valence-electron chi connectivity index (χ1n) is 8.07. The third-order valence-corrected chi connectivity index (χ3v) is 5.65. The van der Waals surface area contributed by atoms with Crippen molar-refractivity contribution in [1.29, 1.82) is 0 Å². The van der Waals surface area contributed by atoms with Crippen molar-refractivity contribution in [2.24, 2.45) is 10.2 Å². The lowest BCUT2D eigenvalue weighted by Crippen LogP contribution is -2.18. The predicted octanol–water partition coefficient (Wildman–Crippen LogP) is 3.33. The fourth-order valence-corrected chi connectivity index (χ4v) is 3.60. The summed E-state index contributed by atoms with van der Waals surface area (Å²) in [5.41, 5.74) is 1.87. The number of hydrogen-bond donors (Lipinski definition) is 3. The zero-order valence-electron chi connectivity index (χ0n) is 14.2. The van der Waals surface area contributed by atoms with Crippen LogP contribution in [0.5, 0.6) is 0 Å². The molecular formula is C18H15N5O3S. The van der Waals surface area contributed by atoms with Gasteiger partial charge in [0.15, 0.2) is 5.69 Å². The van der Waals surface area contributed by atoms with Gasteiger partial charge in [0.2, 0.25) is 10.0 Å². The Labute approximate surface area is 154 Å². The quantitative estimate of drug-likeness (QED) is 0.470. The summed E-state index contributed by atoms with van der Waals surface area (Å²) in [5.74, 6) is 0. The summed E-state index contributed by atoms with van der Waals surface area (Å²) in [6.07, 6.45) is 1.81. The van der Waals surface area contributed by atoms with Crippen LogP contribution in [0.15, 0.2) is 74.6 Å². The molecule has 2 aromatic heterocycles. The van der Waals surface area contributed by atoms with Crippen molar-refractivity contribution in [3.05, 3.63) is 65.1 Å². The van der Waals surface area contributed by atoms with Crippen molar-refractivity contribution in [2.45, 2.75) is 4.90 Å². The van der Waals surface area contributed by atoms with Crippen LogP contribution in [0.2, 0.25) is 0 Å². The molecule has 0 aliphatic heterocycles. The number of nitrogens with zero attached hydrogens (tertiary/aromatic N) is 2. The van der Waals surface area contributed by atoms with E-state index in [-0.39, 0.29) is 16.1 Å². The van der Waals surface area contributed by atoms with Gasteiger partial charge in [-0.15, -0.1) is 5.11 Å². The van der Waals surface area contributed by atoms with Crippen LogP contribution in [0, 0.1) is 0 Å². The van der Waals surface area contributed by atoms with Gasteiger partial charge in [-0.3, -0.25) is 4.79 Å². The Morgan fingerprint density at radius 1 is 0.963 bits per heavy atom. The first kappa shape index (κ1) is 17.1. The lowest BCUT2D eigenvalue weighted by atomic mass is 10.1. The van der Waals surface area contributed by atoms with E-state index in [2.05, 4.69) is 24.9 Å². The Kier molecular flexibility index (Phi) is 4.09. The normalized spacial score (nSPS) is 12.3. The molecule has 2 aromatic carbocycles. The molecule has 27 heavy (non-hydrogen) atoms. The molecule has 0 bridgehead atoms. The van der Waals surface area contributed by atoms with E-state index >= 15 is 0 Å². The molecule has 0 fully saturated rings. The fraction of sp³-hybridized carbons (Fsp3) is 0.0556. The highest BCUT2D eigenvalue weighted by Crippen LogP contribution is 2.30. The van der Waals surface area contributed by atoms with Crippen molar-refractivity contribution in [3.8, 4) is 0 Å². The first-order chi connectivity index (χ1) is 13.0. The molecule has 0 unspecified atom stereocenters. The minimum absolute atomic E-state index is 0.127. The van der Waals surface area contributed by atoms with Crippen LogP contribution in [0.4, 0.5) is 11.4 Å². The molecule has 4 rings (SSSR count). The summed E-state index contributed by atoms with van der Waals surface area (Å²) in [4.78, 5) is 18.4. The maximum Gasteiger partial charge on any atom is 0.276 e. The average molecular weight is 381 g/mol. The summed E-state index contributed by atoms with van der Waals surface area (Å²) in [5, 5.41) is 9.77. The lowest BCUT2D eigenvalue weighted by Gasteiger charge is -2.02. The fourth-order valence-electron chi connectivity index (χ4n) is 2.87. The first-order valence-corrected chi connectivity index (χ1v) is 9.55. The average Bonchev–Trinajstić information content (AvgIpc) is 3.02.